The smallest absolute Gasteiger partial charge is 0.132 e. The Hall–Kier alpha value is -0.450. The predicted octanol–water partition coefficient (Wildman–Crippen LogP) is -0.437. The first-order chi connectivity index (χ1) is 6.60. The summed E-state index contributed by atoms with van der Waals surface area (Å²) in [6.07, 6.45) is 0.409. The predicted molar refractivity (Wildman–Crippen MR) is 50.6 cm³/mol. The average Bonchev–Trinajstić information content (AvgIpc) is 2.60. The molecule has 1 aliphatic carbocycles. The minimum Gasteiger partial charge on any atom is -0.396 e. The van der Waals surface area contributed by atoms with Gasteiger partial charge in [0.05, 0.1) is 12.7 Å². The van der Waals surface area contributed by atoms with E-state index in [2.05, 4.69) is 0 Å². The number of carbonyl (C=O) groups is 1. The SMILES string of the molecule is CC(=O)[C@H]1C[C@@H](CO)[C@H](C(O)CO)C1. The van der Waals surface area contributed by atoms with E-state index in [1.54, 1.807) is 0 Å². The first kappa shape index (κ1) is 11.6. The third-order valence-corrected chi connectivity index (χ3v) is 3.24. The topological polar surface area (TPSA) is 77.8 Å². The van der Waals surface area contributed by atoms with E-state index in [1.807, 2.05) is 0 Å². The molecule has 14 heavy (non-hydrogen) atoms. The number of Topliss-reactive ketones (excluding diaryl/α,β-unsaturated/α-hetero) is 1. The lowest BCUT2D eigenvalue weighted by molar-refractivity contribution is -0.120. The maximum atomic E-state index is 11.1. The van der Waals surface area contributed by atoms with Gasteiger partial charge in [-0.2, -0.15) is 0 Å². The summed E-state index contributed by atoms with van der Waals surface area (Å²) in [5, 5.41) is 27.4. The molecule has 1 unspecified atom stereocenters. The van der Waals surface area contributed by atoms with Crippen molar-refractivity contribution in [3.8, 4) is 0 Å². The van der Waals surface area contributed by atoms with Crippen molar-refractivity contribution < 1.29 is 20.1 Å². The minimum absolute atomic E-state index is 0.0223. The van der Waals surface area contributed by atoms with Gasteiger partial charge >= 0.3 is 0 Å². The van der Waals surface area contributed by atoms with Crippen LogP contribution in [-0.4, -0.2) is 40.4 Å². The van der Waals surface area contributed by atoms with Crippen molar-refractivity contribution >= 4 is 5.78 Å². The Morgan fingerprint density at radius 1 is 1.43 bits per heavy atom. The van der Waals surface area contributed by atoms with Crippen LogP contribution in [0, 0.1) is 17.8 Å². The summed E-state index contributed by atoms with van der Waals surface area (Å²) in [4.78, 5) is 11.1. The highest BCUT2D eigenvalue weighted by molar-refractivity contribution is 5.78. The Kier molecular flexibility index (Phi) is 4.04. The Balaban J connectivity index is 2.62. The molecule has 82 valence electrons. The minimum atomic E-state index is -0.809. The van der Waals surface area contributed by atoms with Gasteiger partial charge in [-0.3, -0.25) is 4.79 Å². The van der Waals surface area contributed by atoms with Gasteiger partial charge < -0.3 is 15.3 Å². The second kappa shape index (κ2) is 4.87. The molecule has 1 rings (SSSR count). The molecule has 0 spiro atoms. The molecule has 1 aliphatic rings. The van der Waals surface area contributed by atoms with E-state index < -0.39 is 6.10 Å². The first-order valence-corrected chi connectivity index (χ1v) is 5.00. The van der Waals surface area contributed by atoms with Gasteiger partial charge in [-0.05, 0) is 31.6 Å². The van der Waals surface area contributed by atoms with Gasteiger partial charge in [0.25, 0.3) is 0 Å². The molecule has 3 N–H and O–H groups in total. The van der Waals surface area contributed by atoms with E-state index >= 15 is 0 Å². The van der Waals surface area contributed by atoms with E-state index in [-0.39, 0.29) is 36.8 Å². The van der Waals surface area contributed by atoms with Gasteiger partial charge in [-0.15, -0.1) is 0 Å². The molecule has 4 heteroatoms. The van der Waals surface area contributed by atoms with E-state index in [4.69, 9.17) is 10.2 Å². The summed E-state index contributed by atoms with van der Waals surface area (Å²) in [5.74, 6) is -0.139. The molecule has 0 amide bonds. The Bertz CT molecular complexity index is 204. The molecule has 0 aromatic heterocycles. The molecule has 1 saturated carbocycles. The van der Waals surface area contributed by atoms with Crippen LogP contribution in [0.1, 0.15) is 19.8 Å². The zero-order valence-electron chi connectivity index (χ0n) is 8.39. The molecule has 4 atom stereocenters. The highest BCUT2D eigenvalue weighted by Crippen LogP contribution is 2.38. The molecule has 0 radical (unpaired) electrons. The van der Waals surface area contributed by atoms with Crippen molar-refractivity contribution in [2.45, 2.75) is 25.9 Å². The lowest BCUT2D eigenvalue weighted by Crippen LogP contribution is -2.28. The zero-order chi connectivity index (χ0) is 10.7. The fraction of sp³-hybridized carbons (Fsp3) is 0.900. The molecular weight excluding hydrogens is 184 g/mol. The second-order valence-electron chi connectivity index (χ2n) is 4.14. The Labute approximate surface area is 83.6 Å². The summed E-state index contributed by atoms with van der Waals surface area (Å²) < 4.78 is 0. The molecule has 1 fully saturated rings. The fourth-order valence-electron chi connectivity index (χ4n) is 2.31. The highest BCUT2D eigenvalue weighted by atomic mass is 16.3. The monoisotopic (exact) mass is 202 g/mol. The van der Waals surface area contributed by atoms with E-state index in [0.717, 1.165) is 0 Å². The van der Waals surface area contributed by atoms with Gasteiger partial charge in [-0.25, -0.2) is 0 Å². The zero-order valence-corrected chi connectivity index (χ0v) is 8.39. The van der Waals surface area contributed by atoms with Gasteiger partial charge in [0.15, 0.2) is 0 Å². The van der Waals surface area contributed by atoms with Gasteiger partial charge in [0.2, 0.25) is 0 Å². The number of hydrogen-bond acceptors (Lipinski definition) is 4. The van der Waals surface area contributed by atoms with Crippen LogP contribution in [0.15, 0.2) is 0 Å². The molecule has 0 bridgehead atoms. The Morgan fingerprint density at radius 2 is 2.07 bits per heavy atom. The summed E-state index contributed by atoms with van der Waals surface area (Å²) >= 11 is 0. The molecule has 0 heterocycles. The van der Waals surface area contributed by atoms with E-state index in [1.165, 1.54) is 6.92 Å². The number of carbonyl (C=O) groups excluding carboxylic acids is 1. The van der Waals surface area contributed by atoms with Crippen LogP contribution in [0.4, 0.5) is 0 Å². The quantitative estimate of drug-likeness (QED) is 0.577. The van der Waals surface area contributed by atoms with Crippen molar-refractivity contribution in [1.29, 1.82) is 0 Å². The highest BCUT2D eigenvalue weighted by Gasteiger charge is 2.39. The molecule has 0 aromatic carbocycles. The molecule has 4 nitrogen and oxygen atoms in total. The molecular formula is C10H18O4. The van der Waals surface area contributed by atoms with Gasteiger partial charge in [0, 0.05) is 12.5 Å². The summed E-state index contributed by atoms with van der Waals surface area (Å²) in [6.45, 7) is 1.21. The van der Waals surface area contributed by atoms with Crippen molar-refractivity contribution in [3.63, 3.8) is 0 Å². The summed E-state index contributed by atoms with van der Waals surface area (Å²) in [6, 6.07) is 0. The number of hydrogen-bond donors (Lipinski definition) is 3. The summed E-state index contributed by atoms with van der Waals surface area (Å²) in [5.41, 5.74) is 0. The summed E-state index contributed by atoms with van der Waals surface area (Å²) in [7, 11) is 0. The van der Waals surface area contributed by atoms with Gasteiger partial charge in [-0.1, -0.05) is 0 Å². The van der Waals surface area contributed by atoms with E-state index in [0.29, 0.717) is 12.8 Å². The van der Waals surface area contributed by atoms with Crippen LogP contribution in [0.25, 0.3) is 0 Å². The average molecular weight is 202 g/mol. The van der Waals surface area contributed by atoms with Crippen molar-refractivity contribution in [2.24, 2.45) is 17.8 Å². The van der Waals surface area contributed by atoms with Crippen LogP contribution < -0.4 is 0 Å². The largest absolute Gasteiger partial charge is 0.396 e. The number of aliphatic hydroxyl groups is 3. The van der Waals surface area contributed by atoms with Crippen LogP contribution in [0.2, 0.25) is 0 Å². The van der Waals surface area contributed by atoms with Crippen molar-refractivity contribution in [3.05, 3.63) is 0 Å². The molecule has 0 aliphatic heterocycles. The third kappa shape index (κ3) is 2.32. The fourth-order valence-corrected chi connectivity index (χ4v) is 2.31. The molecule has 0 aromatic rings. The maximum Gasteiger partial charge on any atom is 0.132 e. The number of ketones is 1. The first-order valence-electron chi connectivity index (χ1n) is 5.00. The van der Waals surface area contributed by atoms with Crippen LogP contribution >= 0.6 is 0 Å². The van der Waals surface area contributed by atoms with E-state index in [9.17, 15) is 9.90 Å². The van der Waals surface area contributed by atoms with Crippen LogP contribution in [-0.2, 0) is 4.79 Å². The lowest BCUT2D eigenvalue weighted by Gasteiger charge is -2.21. The number of rotatable bonds is 4. The van der Waals surface area contributed by atoms with Crippen LogP contribution in [0.3, 0.4) is 0 Å². The molecule has 0 saturated heterocycles. The Morgan fingerprint density at radius 3 is 2.50 bits per heavy atom. The number of aliphatic hydroxyl groups excluding tert-OH is 3. The normalized spacial score (nSPS) is 34.4. The van der Waals surface area contributed by atoms with Crippen molar-refractivity contribution in [1.82, 2.24) is 0 Å². The lowest BCUT2D eigenvalue weighted by atomic mass is 9.92. The third-order valence-electron chi connectivity index (χ3n) is 3.24. The maximum absolute atomic E-state index is 11.1. The standard InChI is InChI=1S/C10H18O4/c1-6(13)7-2-8(4-11)9(3-7)10(14)5-12/h7-12,14H,2-5H2,1H3/t7-,8-,9+,10?/m0/s1. The second-order valence-corrected chi connectivity index (χ2v) is 4.14. The van der Waals surface area contributed by atoms with Crippen molar-refractivity contribution in [2.75, 3.05) is 13.2 Å². The van der Waals surface area contributed by atoms with Gasteiger partial charge in [0.1, 0.15) is 5.78 Å². The van der Waals surface area contributed by atoms with Crippen LogP contribution in [0.5, 0.6) is 0 Å².